The summed E-state index contributed by atoms with van der Waals surface area (Å²) in [5.74, 6) is -5.27. The van der Waals surface area contributed by atoms with Crippen molar-refractivity contribution in [3.05, 3.63) is 65.7 Å². The molecule has 1 aliphatic heterocycles. The molecule has 0 unspecified atom stereocenters. The number of aromatic hydroxyl groups is 1. The van der Waals surface area contributed by atoms with Crippen molar-refractivity contribution >= 4 is 47.7 Å². The molecule has 0 bridgehead atoms. The summed E-state index contributed by atoms with van der Waals surface area (Å²) in [6.07, 6.45) is -0.597. The van der Waals surface area contributed by atoms with Gasteiger partial charge in [-0.3, -0.25) is 24.0 Å². The summed E-state index contributed by atoms with van der Waals surface area (Å²) in [4.78, 5) is 110. The molecule has 1 saturated heterocycles. The molecule has 376 valence electrons. The number of nitrogens with zero attached hydrogens (tertiary/aromatic N) is 1. The zero-order valence-electron chi connectivity index (χ0n) is 41.1. The van der Waals surface area contributed by atoms with Gasteiger partial charge in [0.25, 0.3) is 0 Å². The van der Waals surface area contributed by atoms with Crippen molar-refractivity contribution in [2.45, 2.75) is 162 Å². The van der Waals surface area contributed by atoms with Gasteiger partial charge in [-0.1, -0.05) is 70.2 Å². The maximum atomic E-state index is 14.6. The van der Waals surface area contributed by atoms with Crippen LogP contribution in [0.25, 0.3) is 0 Å². The third-order valence-corrected chi connectivity index (χ3v) is 10.7. The largest absolute Gasteiger partial charge is 0.508 e. The number of carboxylic acids is 1. The van der Waals surface area contributed by atoms with Crippen LogP contribution in [-0.2, 0) is 51.1 Å². The lowest BCUT2D eigenvalue weighted by molar-refractivity contribution is -0.145. The fourth-order valence-electron chi connectivity index (χ4n) is 7.45. The molecular formula is C49H73N7O12. The number of alkyl carbamates (subject to hydrolysis) is 2. The molecule has 1 aliphatic rings. The second kappa shape index (κ2) is 25.7. The van der Waals surface area contributed by atoms with E-state index < -0.39 is 101 Å². The lowest BCUT2D eigenvalue weighted by atomic mass is 9.99. The Kier molecular flexibility index (Phi) is 21.1. The Labute approximate surface area is 399 Å². The fourth-order valence-corrected chi connectivity index (χ4v) is 7.45. The first-order chi connectivity index (χ1) is 31.7. The van der Waals surface area contributed by atoms with Gasteiger partial charge in [-0.15, -0.1) is 0 Å². The number of ether oxygens (including phenoxy) is 2. The second-order valence-corrected chi connectivity index (χ2v) is 19.9. The van der Waals surface area contributed by atoms with Crippen molar-refractivity contribution in [1.82, 2.24) is 36.8 Å². The van der Waals surface area contributed by atoms with E-state index in [1.807, 2.05) is 13.8 Å². The molecule has 2 aromatic rings. The van der Waals surface area contributed by atoms with Crippen molar-refractivity contribution in [2.75, 3.05) is 13.1 Å². The third-order valence-electron chi connectivity index (χ3n) is 10.7. The Balaban J connectivity index is 1.89. The smallest absolute Gasteiger partial charge is 0.408 e. The molecule has 0 aromatic heterocycles. The minimum absolute atomic E-state index is 0.000365. The first kappa shape index (κ1) is 55.9. The van der Waals surface area contributed by atoms with Crippen LogP contribution < -0.4 is 31.9 Å². The van der Waals surface area contributed by atoms with Crippen LogP contribution in [-0.4, -0.2) is 123 Å². The topological polar surface area (TPSA) is 271 Å². The highest BCUT2D eigenvalue weighted by molar-refractivity contribution is 5.97. The Bertz CT molecular complexity index is 2030. The van der Waals surface area contributed by atoms with Crippen molar-refractivity contribution in [2.24, 2.45) is 11.8 Å². The highest BCUT2D eigenvalue weighted by Crippen LogP contribution is 2.22. The van der Waals surface area contributed by atoms with Crippen molar-refractivity contribution in [3.63, 3.8) is 0 Å². The zero-order valence-corrected chi connectivity index (χ0v) is 41.1. The van der Waals surface area contributed by atoms with E-state index in [1.165, 1.54) is 17.0 Å². The molecule has 0 aliphatic carbocycles. The van der Waals surface area contributed by atoms with E-state index in [9.17, 15) is 48.6 Å². The number of phenols is 1. The van der Waals surface area contributed by atoms with Crippen LogP contribution in [0.1, 0.15) is 112 Å². The SMILES string of the molecule is CC(C)C[C@H](NC(=O)[C@H](CCCNC(=O)OC(C)(C)C)NC(=O)[C@@H](NC(=O)OC(C)(C)C)C(C)C)C(=O)N[C@H](Cc1ccccc1)C(=O)N1CCC[C@H]1C(=O)N[C@H](Cc1ccc(O)cc1)C(=O)O. The van der Waals surface area contributed by atoms with E-state index in [1.54, 1.807) is 97.9 Å². The molecule has 3 rings (SSSR count). The summed E-state index contributed by atoms with van der Waals surface area (Å²) < 4.78 is 10.7. The molecule has 7 amide bonds. The number of carbonyl (C=O) groups is 8. The van der Waals surface area contributed by atoms with Crippen molar-refractivity contribution < 1.29 is 58.0 Å². The minimum Gasteiger partial charge on any atom is -0.508 e. The molecular weight excluding hydrogens is 879 g/mol. The highest BCUT2D eigenvalue weighted by Gasteiger charge is 2.40. The van der Waals surface area contributed by atoms with E-state index >= 15 is 0 Å². The maximum Gasteiger partial charge on any atom is 0.408 e. The molecule has 0 spiro atoms. The molecule has 0 saturated carbocycles. The fraction of sp³-hybridized carbons (Fsp3) is 0.592. The van der Waals surface area contributed by atoms with Crippen molar-refractivity contribution in [3.8, 4) is 5.75 Å². The monoisotopic (exact) mass is 952 g/mol. The third kappa shape index (κ3) is 19.4. The first-order valence-corrected chi connectivity index (χ1v) is 23.3. The van der Waals surface area contributed by atoms with Gasteiger partial charge in [-0.2, -0.15) is 0 Å². The molecule has 2 aromatic carbocycles. The van der Waals surface area contributed by atoms with E-state index in [0.717, 1.165) is 0 Å². The average molecular weight is 952 g/mol. The van der Waals surface area contributed by atoms with Crippen LogP contribution in [0.4, 0.5) is 9.59 Å². The Hall–Kier alpha value is -6.40. The molecule has 1 heterocycles. The van der Waals surface area contributed by atoms with Gasteiger partial charge < -0.3 is 56.5 Å². The van der Waals surface area contributed by atoms with Crippen LogP contribution in [0.2, 0.25) is 0 Å². The molecule has 8 N–H and O–H groups in total. The summed E-state index contributed by atoms with van der Waals surface area (Å²) in [7, 11) is 0. The number of rotatable bonds is 22. The zero-order chi connectivity index (χ0) is 50.9. The second-order valence-electron chi connectivity index (χ2n) is 19.9. The van der Waals surface area contributed by atoms with Gasteiger partial charge >= 0.3 is 18.2 Å². The van der Waals surface area contributed by atoms with E-state index in [4.69, 9.17) is 9.47 Å². The lowest BCUT2D eigenvalue weighted by Crippen LogP contribution is -2.60. The van der Waals surface area contributed by atoms with Crippen LogP contribution in [0, 0.1) is 11.8 Å². The van der Waals surface area contributed by atoms with Crippen LogP contribution in [0.5, 0.6) is 5.75 Å². The molecule has 68 heavy (non-hydrogen) atoms. The highest BCUT2D eigenvalue weighted by atomic mass is 16.6. The number of benzene rings is 2. The molecule has 0 radical (unpaired) electrons. The van der Waals surface area contributed by atoms with Gasteiger partial charge in [0.15, 0.2) is 0 Å². The number of likely N-dealkylation sites (tertiary alicyclic amines) is 1. The number of carboxylic acid groups (broad SMARTS) is 1. The average Bonchev–Trinajstić information content (AvgIpc) is 3.73. The molecule has 1 fully saturated rings. The standard InChI is InChI=1S/C49H73N7O12/c1-29(2)26-35(52-40(58)34(18-14-24-50-46(65)67-48(5,6)7)51-43(61)39(30(3)4)55-47(66)68-49(8,9)10)41(59)53-36(27-31-16-12-11-13-17-31)44(62)56-25-15-19-38(56)42(60)54-37(45(63)64)28-32-20-22-33(57)23-21-32/h11-13,16-17,20-23,29-30,34-39,57H,14-15,18-19,24-28H2,1-10H3,(H,50,65)(H,51,61)(H,52,58)(H,53,59)(H,54,60)(H,55,66)(H,63,64)/t34-,35-,36+,37+,38-,39-/m0/s1. The number of carbonyl (C=O) groups excluding carboxylic acids is 7. The van der Waals surface area contributed by atoms with E-state index in [2.05, 4.69) is 31.9 Å². The minimum atomic E-state index is -1.34. The number of amides is 7. The molecule has 19 nitrogen and oxygen atoms in total. The van der Waals surface area contributed by atoms with Crippen LogP contribution in [0.15, 0.2) is 54.6 Å². The first-order valence-electron chi connectivity index (χ1n) is 23.3. The molecule has 19 heteroatoms. The van der Waals surface area contributed by atoms with Gasteiger partial charge in [0, 0.05) is 25.9 Å². The van der Waals surface area contributed by atoms with Crippen LogP contribution in [0.3, 0.4) is 0 Å². The van der Waals surface area contributed by atoms with Gasteiger partial charge in [0.2, 0.25) is 29.5 Å². The molecule has 6 atom stereocenters. The van der Waals surface area contributed by atoms with E-state index in [-0.39, 0.29) is 63.3 Å². The lowest BCUT2D eigenvalue weighted by Gasteiger charge is -2.31. The number of hydrogen-bond donors (Lipinski definition) is 8. The normalized spacial score (nSPS) is 16.1. The van der Waals surface area contributed by atoms with Gasteiger partial charge in [-0.25, -0.2) is 14.4 Å². The van der Waals surface area contributed by atoms with Crippen molar-refractivity contribution in [1.29, 1.82) is 0 Å². The summed E-state index contributed by atoms with van der Waals surface area (Å²) in [5.41, 5.74) is -0.355. The van der Waals surface area contributed by atoms with Gasteiger partial charge in [-0.05, 0) is 109 Å². The number of aliphatic carboxylic acids is 1. The van der Waals surface area contributed by atoms with Gasteiger partial charge in [0.05, 0.1) is 0 Å². The van der Waals surface area contributed by atoms with Crippen LogP contribution >= 0.6 is 0 Å². The van der Waals surface area contributed by atoms with E-state index in [0.29, 0.717) is 17.5 Å². The Morgan fingerprint density at radius 3 is 1.79 bits per heavy atom. The maximum absolute atomic E-state index is 14.6. The summed E-state index contributed by atoms with van der Waals surface area (Å²) in [6, 6.07) is 7.62. The summed E-state index contributed by atoms with van der Waals surface area (Å²) >= 11 is 0. The quantitative estimate of drug-likeness (QED) is 0.0776. The summed E-state index contributed by atoms with van der Waals surface area (Å²) in [5, 5.41) is 35.8. The van der Waals surface area contributed by atoms with Gasteiger partial charge in [0.1, 0.15) is 53.2 Å². The number of nitrogens with one attached hydrogen (secondary N) is 6. The Morgan fingerprint density at radius 1 is 0.676 bits per heavy atom. The predicted molar refractivity (Wildman–Crippen MR) is 253 cm³/mol. The number of phenolic OH excluding ortho intramolecular Hbond substituents is 1. The number of hydrogen-bond acceptors (Lipinski definition) is 11. The summed E-state index contributed by atoms with van der Waals surface area (Å²) in [6.45, 7) is 17.5. The predicted octanol–water partition coefficient (Wildman–Crippen LogP) is 4.09. The Morgan fingerprint density at radius 2 is 1.22 bits per heavy atom.